The summed E-state index contributed by atoms with van der Waals surface area (Å²) >= 11 is 3.92. The molecule has 66 heavy (non-hydrogen) atoms. The highest BCUT2D eigenvalue weighted by atomic mass is 32.1. The lowest BCUT2D eigenvalue weighted by molar-refractivity contribution is 0.442. The Hall–Kier alpha value is -6.00. The van der Waals surface area contributed by atoms with Gasteiger partial charge in [-0.2, -0.15) is 0 Å². The Morgan fingerprint density at radius 1 is 0.348 bits per heavy atom. The van der Waals surface area contributed by atoms with E-state index < -0.39 is 0 Å². The molecule has 0 radical (unpaired) electrons. The minimum Gasteiger partial charge on any atom is -0.455 e. The van der Waals surface area contributed by atoms with E-state index in [-0.39, 0.29) is 0 Å². The van der Waals surface area contributed by atoms with Gasteiger partial charge in [0, 0.05) is 51.1 Å². The Bertz CT molecular complexity index is 3330. The first kappa shape index (κ1) is 42.6. The van der Waals surface area contributed by atoms with Crippen molar-refractivity contribution in [3.8, 4) is 22.3 Å². The number of hydrogen-bond donors (Lipinski definition) is 0. The van der Waals surface area contributed by atoms with E-state index in [1.54, 1.807) is 10.3 Å². The zero-order valence-corrected chi connectivity index (χ0v) is 40.2. The highest BCUT2D eigenvalue weighted by Gasteiger charge is 2.22. The smallest absolute Gasteiger partial charge is 0.138 e. The third kappa shape index (κ3) is 8.16. The Morgan fingerprint density at radius 3 is 1.42 bits per heavy atom. The van der Waals surface area contributed by atoms with Crippen molar-refractivity contribution in [3.05, 3.63) is 192 Å². The lowest BCUT2D eigenvalue weighted by Gasteiger charge is -2.22. The number of hydrogen-bond acceptors (Lipinski definition) is 3. The Balaban J connectivity index is 0.000000111. The molecule has 2 saturated carbocycles. The van der Waals surface area contributed by atoms with Crippen molar-refractivity contribution < 1.29 is 4.42 Å². The van der Waals surface area contributed by atoms with Crippen LogP contribution in [0, 0.1) is 20.8 Å². The molecule has 1 nitrogen and oxygen atoms in total. The molecule has 11 aromatic rings. The molecule has 3 heteroatoms. The largest absolute Gasteiger partial charge is 0.455 e. The molecule has 0 bridgehead atoms. The summed E-state index contributed by atoms with van der Waals surface area (Å²) in [5.74, 6) is 1.48. The van der Waals surface area contributed by atoms with E-state index in [1.807, 2.05) is 22.7 Å². The summed E-state index contributed by atoms with van der Waals surface area (Å²) in [4.78, 5) is 0. The normalized spacial score (nSPS) is 14.8. The number of para-hydroxylation sites is 2. The molecule has 0 N–H and O–H groups in total. The van der Waals surface area contributed by atoms with Crippen molar-refractivity contribution >= 4 is 85.0 Å². The first-order valence-corrected chi connectivity index (χ1v) is 26.0. The molecule has 13 rings (SSSR count). The highest BCUT2D eigenvalue weighted by Crippen LogP contribution is 2.45. The summed E-state index contributed by atoms with van der Waals surface area (Å²) in [5.41, 5.74) is 14.4. The van der Waals surface area contributed by atoms with E-state index in [9.17, 15) is 0 Å². The van der Waals surface area contributed by atoms with Crippen LogP contribution in [0.1, 0.15) is 104 Å². The summed E-state index contributed by atoms with van der Waals surface area (Å²) in [6.45, 7) is 6.50. The maximum absolute atomic E-state index is 6.27. The molecule has 0 aliphatic heterocycles. The zero-order valence-electron chi connectivity index (χ0n) is 38.5. The maximum atomic E-state index is 6.27. The average molecular weight is 895 g/mol. The van der Waals surface area contributed by atoms with Gasteiger partial charge in [-0.3, -0.25) is 0 Å². The van der Waals surface area contributed by atoms with Crippen LogP contribution in [-0.2, 0) is 0 Å². The molecule has 3 aromatic heterocycles. The second-order valence-electron chi connectivity index (χ2n) is 18.9. The molecule has 8 aromatic carbocycles. The molecule has 0 spiro atoms. The van der Waals surface area contributed by atoms with Gasteiger partial charge in [-0.05, 0) is 103 Å². The highest BCUT2D eigenvalue weighted by molar-refractivity contribution is 7.27. The Kier molecular flexibility index (Phi) is 12.1. The summed E-state index contributed by atoms with van der Waals surface area (Å²) in [5, 5.41) is 8.16. The average Bonchev–Trinajstić information content (AvgIpc) is 4.09. The van der Waals surface area contributed by atoms with E-state index in [0.717, 1.165) is 17.1 Å². The minimum atomic E-state index is 0.688. The Morgan fingerprint density at radius 2 is 0.803 bits per heavy atom. The third-order valence-electron chi connectivity index (χ3n) is 14.6. The maximum Gasteiger partial charge on any atom is 0.138 e. The van der Waals surface area contributed by atoms with Crippen molar-refractivity contribution in [3.63, 3.8) is 0 Å². The quantitative estimate of drug-likeness (QED) is 0.172. The second kappa shape index (κ2) is 18.7. The van der Waals surface area contributed by atoms with Crippen LogP contribution in [0.2, 0.25) is 0 Å². The van der Waals surface area contributed by atoms with Gasteiger partial charge < -0.3 is 4.42 Å². The SMILES string of the molecule is Cc1ccc(-c2cccc3c2sc2c(-c4ccccc4)cccc23)cc1.Cc1cccc2c1oc1c(C3CCCCC3)cccc12.Cc1cccc2c1sc1c(C3CCCCC3)cccc12. The van der Waals surface area contributed by atoms with Gasteiger partial charge in [-0.15, -0.1) is 22.7 Å². The van der Waals surface area contributed by atoms with E-state index in [0.29, 0.717) is 5.92 Å². The summed E-state index contributed by atoms with van der Waals surface area (Å²) in [6.07, 6.45) is 13.8. The minimum absolute atomic E-state index is 0.688. The van der Waals surface area contributed by atoms with Crippen LogP contribution in [0.4, 0.5) is 0 Å². The lowest BCUT2D eigenvalue weighted by atomic mass is 9.83. The monoisotopic (exact) mass is 894 g/mol. The topological polar surface area (TPSA) is 13.1 Å². The number of furan rings is 1. The first-order chi connectivity index (χ1) is 32.5. The molecule has 0 amide bonds. The van der Waals surface area contributed by atoms with E-state index in [2.05, 4.69) is 185 Å². The van der Waals surface area contributed by atoms with Crippen molar-refractivity contribution in [1.82, 2.24) is 0 Å². The van der Waals surface area contributed by atoms with Crippen LogP contribution in [0.3, 0.4) is 0 Å². The molecule has 2 aliphatic rings. The summed E-state index contributed by atoms with van der Waals surface area (Å²) < 4.78 is 12.0. The first-order valence-electron chi connectivity index (χ1n) is 24.4. The summed E-state index contributed by atoms with van der Waals surface area (Å²) in [6, 6.07) is 59.6. The fourth-order valence-electron chi connectivity index (χ4n) is 11.1. The van der Waals surface area contributed by atoms with Gasteiger partial charge in [0.25, 0.3) is 0 Å². The van der Waals surface area contributed by atoms with Crippen LogP contribution >= 0.6 is 22.7 Å². The third-order valence-corrected chi connectivity index (χ3v) is 17.3. The Labute approximate surface area is 397 Å². The zero-order chi connectivity index (χ0) is 44.6. The lowest BCUT2D eigenvalue weighted by Crippen LogP contribution is -2.04. The van der Waals surface area contributed by atoms with Crippen LogP contribution < -0.4 is 0 Å². The molecule has 2 fully saturated rings. The molecule has 328 valence electrons. The van der Waals surface area contributed by atoms with Gasteiger partial charge in [0.15, 0.2) is 0 Å². The number of benzene rings is 8. The van der Waals surface area contributed by atoms with Crippen LogP contribution in [0.5, 0.6) is 0 Å². The van der Waals surface area contributed by atoms with Gasteiger partial charge in [-0.1, -0.05) is 208 Å². The van der Waals surface area contributed by atoms with Gasteiger partial charge in [-0.25, -0.2) is 0 Å². The van der Waals surface area contributed by atoms with E-state index in [1.165, 1.54) is 155 Å². The summed E-state index contributed by atoms with van der Waals surface area (Å²) in [7, 11) is 0. The predicted octanol–water partition coefficient (Wildman–Crippen LogP) is 20.0. The fraction of sp³-hybridized carbons (Fsp3) is 0.238. The van der Waals surface area contributed by atoms with E-state index >= 15 is 0 Å². The second-order valence-corrected chi connectivity index (χ2v) is 21.0. The number of fused-ring (bicyclic) bond motifs is 9. The van der Waals surface area contributed by atoms with Crippen molar-refractivity contribution in [2.45, 2.75) is 96.8 Å². The van der Waals surface area contributed by atoms with Crippen molar-refractivity contribution in [1.29, 1.82) is 0 Å². The predicted molar refractivity (Wildman–Crippen MR) is 289 cm³/mol. The van der Waals surface area contributed by atoms with Crippen LogP contribution in [0.25, 0.3) is 84.5 Å². The molecular weight excluding hydrogens is 837 g/mol. The number of rotatable bonds is 4. The van der Waals surface area contributed by atoms with Gasteiger partial charge in [0.1, 0.15) is 11.2 Å². The number of thiophene rings is 2. The van der Waals surface area contributed by atoms with Crippen molar-refractivity contribution in [2.24, 2.45) is 0 Å². The van der Waals surface area contributed by atoms with E-state index in [4.69, 9.17) is 4.42 Å². The van der Waals surface area contributed by atoms with Gasteiger partial charge >= 0.3 is 0 Å². The van der Waals surface area contributed by atoms with Gasteiger partial charge in [0.2, 0.25) is 0 Å². The van der Waals surface area contributed by atoms with Crippen molar-refractivity contribution in [2.75, 3.05) is 0 Å². The standard InChI is InChI=1S/C25H18S.C19H20O.C19H20S/c1-17-13-15-19(16-14-17)21-10-6-12-23-22-11-5-9-20(24(22)26-25(21)23)18-7-3-2-4-8-18;2*1-13-7-5-11-16-17-12-6-10-15(19(17)20-18(13)16)14-8-3-2-4-9-14/h2-16H,1H3;2*5-7,10-12,14H,2-4,8-9H2,1H3. The van der Waals surface area contributed by atoms with Crippen LogP contribution in [-0.4, -0.2) is 0 Å². The molecule has 0 atom stereocenters. The number of aryl methyl sites for hydroxylation is 3. The van der Waals surface area contributed by atoms with Crippen LogP contribution in [0.15, 0.2) is 168 Å². The molecule has 2 aliphatic carbocycles. The van der Waals surface area contributed by atoms with Gasteiger partial charge in [0.05, 0.1) is 0 Å². The molecule has 0 unspecified atom stereocenters. The molecule has 0 saturated heterocycles. The molecule has 3 heterocycles. The fourth-order valence-corrected chi connectivity index (χ4v) is 13.8. The molecular formula is C63H58OS2.